The number of halogens is 1. The second-order valence-corrected chi connectivity index (χ2v) is 6.02. The highest BCUT2D eigenvalue weighted by Crippen LogP contribution is 2.14. The van der Waals surface area contributed by atoms with Crippen molar-refractivity contribution in [3.63, 3.8) is 0 Å². The van der Waals surface area contributed by atoms with Crippen molar-refractivity contribution in [3.8, 4) is 0 Å². The van der Waals surface area contributed by atoms with Crippen molar-refractivity contribution in [3.05, 3.63) is 50.4 Å². The first kappa shape index (κ1) is 12.7. The monoisotopic (exact) mass is 311 g/mol. The van der Waals surface area contributed by atoms with Crippen molar-refractivity contribution in [2.45, 2.75) is 25.9 Å². The standard InChI is InChI=1S/C13H14BrNOS/c1-9-15-12(8-17-9)7-13(16)6-10-2-4-11(14)5-3-10/h2-5,8,13,16H,6-7H2,1H3. The van der Waals surface area contributed by atoms with Gasteiger partial charge in [0.05, 0.1) is 16.8 Å². The molecule has 0 saturated heterocycles. The van der Waals surface area contributed by atoms with Gasteiger partial charge in [-0.25, -0.2) is 4.98 Å². The summed E-state index contributed by atoms with van der Waals surface area (Å²) < 4.78 is 1.06. The molecule has 1 heterocycles. The van der Waals surface area contributed by atoms with Crippen LogP contribution in [0.5, 0.6) is 0 Å². The molecular formula is C13H14BrNOS. The van der Waals surface area contributed by atoms with Crippen molar-refractivity contribution in [1.82, 2.24) is 4.98 Å². The Kier molecular flexibility index (Phi) is 4.31. The number of aliphatic hydroxyl groups excluding tert-OH is 1. The molecule has 2 rings (SSSR count). The number of rotatable bonds is 4. The fourth-order valence-corrected chi connectivity index (χ4v) is 2.60. The highest BCUT2D eigenvalue weighted by atomic mass is 79.9. The number of nitrogens with zero attached hydrogens (tertiary/aromatic N) is 1. The summed E-state index contributed by atoms with van der Waals surface area (Å²) >= 11 is 5.02. The maximum atomic E-state index is 9.99. The Labute approximate surface area is 113 Å². The minimum atomic E-state index is -0.363. The molecule has 4 heteroatoms. The zero-order chi connectivity index (χ0) is 12.3. The van der Waals surface area contributed by atoms with Crippen molar-refractivity contribution < 1.29 is 5.11 Å². The maximum Gasteiger partial charge on any atom is 0.0897 e. The van der Waals surface area contributed by atoms with Gasteiger partial charge in [-0.3, -0.25) is 0 Å². The minimum absolute atomic E-state index is 0.363. The van der Waals surface area contributed by atoms with Crippen LogP contribution in [0, 0.1) is 6.92 Å². The summed E-state index contributed by atoms with van der Waals surface area (Å²) in [6, 6.07) is 8.04. The Morgan fingerprint density at radius 1 is 1.29 bits per heavy atom. The third kappa shape index (κ3) is 3.91. The van der Waals surface area contributed by atoms with E-state index in [1.54, 1.807) is 11.3 Å². The fraction of sp³-hybridized carbons (Fsp3) is 0.308. The summed E-state index contributed by atoms with van der Waals surface area (Å²) in [5.74, 6) is 0. The molecule has 0 aliphatic carbocycles. The van der Waals surface area contributed by atoms with Gasteiger partial charge in [0.25, 0.3) is 0 Å². The summed E-state index contributed by atoms with van der Waals surface area (Å²) in [7, 11) is 0. The van der Waals surface area contributed by atoms with Gasteiger partial charge in [0.2, 0.25) is 0 Å². The van der Waals surface area contributed by atoms with E-state index in [1.807, 2.05) is 36.6 Å². The maximum absolute atomic E-state index is 9.99. The van der Waals surface area contributed by atoms with Crippen LogP contribution in [0.2, 0.25) is 0 Å². The number of hydrogen-bond acceptors (Lipinski definition) is 3. The lowest BCUT2D eigenvalue weighted by Gasteiger charge is -2.09. The van der Waals surface area contributed by atoms with Gasteiger partial charge in [-0.2, -0.15) is 0 Å². The van der Waals surface area contributed by atoms with E-state index in [9.17, 15) is 5.11 Å². The first-order chi connectivity index (χ1) is 8.13. The van der Waals surface area contributed by atoms with Gasteiger partial charge < -0.3 is 5.11 Å². The fourth-order valence-electron chi connectivity index (χ4n) is 1.71. The molecule has 0 fully saturated rings. The summed E-state index contributed by atoms with van der Waals surface area (Å²) in [6.45, 7) is 1.98. The number of hydrogen-bond donors (Lipinski definition) is 1. The predicted octanol–water partition coefficient (Wildman–Crippen LogP) is 3.36. The summed E-state index contributed by atoms with van der Waals surface area (Å²) in [6.07, 6.45) is 0.933. The lowest BCUT2D eigenvalue weighted by Crippen LogP contribution is -2.14. The molecule has 0 spiro atoms. The number of aromatic nitrogens is 1. The van der Waals surface area contributed by atoms with E-state index >= 15 is 0 Å². The van der Waals surface area contributed by atoms with E-state index in [0.717, 1.165) is 20.7 Å². The zero-order valence-corrected chi connectivity index (χ0v) is 12.0. The Hall–Kier alpha value is -0.710. The van der Waals surface area contributed by atoms with E-state index in [0.29, 0.717) is 12.8 Å². The Morgan fingerprint density at radius 3 is 2.59 bits per heavy atom. The first-order valence-electron chi connectivity index (χ1n) is 5.47. The van der Waals surface area contributed by atoms with Crippen LogP contribution in [0.3, 0.4) is 0 Å². The summed E-state index contributed by atoms with van der Waals surface area (Å²) in [5.41, 5.74) is 2.13. The number of aryl methyl sites for hydroxylation is 1. The Balaban J connectivity index is 1.93. The van der Waals surface area contributed by atoms with Gasteiger partial charge >= 0.3 is 0 Å². The molecule has 2 nitrogen and oxygen atoms in total. The van der Waals surface area contributed by atoms with E-state index in [2.05, 4.69) is 20.9 Å². The molecule has 0 aliphatic rings. The topological polar surface area (TPSA) is 33.1 Å². The van der Waals surface area contributed by atoms with Crippen LogP contribution in [0.4, 0.5) is 0 Å². The highest BCUT2D eigenvalue weighted by molar-refractivity contribution is 9.10. The molecule has 0 aliphatic heterocycles. The number of thiazole rings is 1. The van der Waals surface area contributed by atoms with Crippen LogP contribution in [0.15, 0.2) is 34.1 Å². The van der Waals surface area contributed by atoms with E-state index in [1.165, 1.54) is 0 Å². The molecule has 1 unspecified atom stereocenters. The van der Waals surface area contributed by atoms with Crippen LogP contribution >= 0.6 is 27.3 Å². The van der Waals surface area contributed by atoms with Gasteiger partial charge in [0.15, 0.2) is 0 Å². The molecule has 1 N–H and O–H groups in total. The third-order valence-corrected chi connectivity index (χ3v) is 3.85. The Bertz CT molecular complexity index is 480. The molecule has 0 radical (unpaired) electrons. The van der Waals surface area contributed by atoms with E-state index < -0.39 is 0 Å². The minimum Gasteiger partial charge on any atom is -0.392 e. The molecule has 0 saturated carbocycles. The molecular weight excluding hydrogens is 298 g/mol. The van der Waals surface area contributed by atoms with Crippen molar-refractivity contribution in [2.24, 2.45) is 0 Å². The molecule has 17 heavy (non-hydrogen) atoms. The molecule has 0 bridgehead atoms. The summed E-state index contributed by atoms with van der Waals surface area (Å²) in [5, 5.41) is 13.1. The van der Waals surface area contributed by atoms with Crippen molar-refractivity contribution >= 4 is 27.3 Å². The van der Waals surface area contributed by atoms with Crippen molar-refractivity contribution in [2.75, 3.05) is 0 Å². The van der Waals surface area contributed by atoms with Gasteiger partial charge in [0.1, 0.15) is 0 Å². The second kappa shape index (κ2) is 5.76. The van der Waals surface area contributed by atoms with E-state index in [-0.39, 0.29) is 6.10 Å². The normalized spacial score (nSPS) is 12.6. The van der Waals surface area contributed by atoms with Gasteiger partial charge in [-0.15, -0.1) is 11.3 Å². The largest absolute Gasteiger partial charge is 0.392 e. The van der Waals surface area contributed by atoms with Crippen LogP contribution in [0.25, 0.3) is 0 Å². The van der Waals surface area contributed by atoms with Crippen LogP contribution in [0.1, 0.15) is 16.3 Å². The lowest BCUT2D eigenvalue weighted by atomic mass is 10.0. The molecule has 0 amide bonds. The van der Waals surface area contributed by atoms with Crippen LogP contribution < -0.4 is 0 Å². The zero-order valence-electron chi connectivity index (χ0n) is 9.56. The van der Waals surface area contributed by atoms with E-state index in [4.69, 9.17) is 0 Å². The first-order valence-corrected chi connectivity index (χ1v) is 7.14. The third-order valence-electron chi connectivity index (χ3n) is 2.50. The quantitative estimate of drug-likeness (QED) is 0.939. The second-order valence-electron chi connectivity index (χ2n) is 4.05. The smallest absolute Gasteiger partial charge is 0.0897 e. The van der Waals surface area contributed by atoms with Crippen molar-refractivity contribution in [1.29, 1.82) is 0 Å². The number of aliphatic hydroxyl groups is 1. The summed E-state index contributed by atoms with van der Waals surface area (Å²) in [4.78, 5) is 4.36. The van der Waals surface area contributed by atoms with Gasteiger partial charge in [-0.05, 0) is 31.0 Å². The molecule has 90 valence electrons. The van der Waals surface area contributed by atoms with Crippen LogP contribution in [-0.4, -0.2) is 16.2 Å². The van der Waals surface area contributed by atoms with Gasteiger partial charge in [0, 0.05) is 16.3 Å². The lowest BCUT2D eigenvalue weighted by molar-refractivity contribution is 0.174. The predicted molar refractivity (Wildman–Crippen MR) is 74.4 cm³/mol. The average Bonchev–Trinajstić information content (AvgIpc) is 2.67. The average molecular weight is 312 g/mol. The Morgan fingerprint density at radius 2 is 2.00 bits per heavy atom. The highest BCUT2D eigenvalue weighted by Gasteiger charge is 2.09. The molecule has 1 aromatic heterocycles. The number of benzene rings is 1. The van der Waals surface area contributed by atoms with Crippen LogP contribution in [-0.2, 0) is 12.8 Å². The molecule has 2 aromatic rings. The molecule has 1 atom stereocenters. The molecule has 1 aromatic carbocycles. The SMILES string of the molecule is Cc1nc(CC(O)Cc2ccc(Br)cc2)cs1. The van der Waals surface area contributed by atoms with Gasteiger partial charge in [-0.1, -0.05) is 28.1 Å².